The zero-order valence-electron chi connectivity index (χ0n) is 17.9. The number of amides is 1. The lowest BCUT2D eigenvalue weighted by atomic mass is 9.97. The maximum atomic E-state index is 13.0. The summed E-state index contributed by atoms with van der Waals surface area (Å²) in [7, 11) is -3.50. The number of nitrogens with zero attached hydrogens (tertiary/aromatic N) is 2. The van der Waals surface area contributed by atoms with E-state index in [0.717, 1.165) is 24.5 Å². The molecule has 0 radical (unpaired) electrons. The summed E-state index contributed by atoms with van der Waals surface area (Å²) in [6, 6.07) is 16.5. The number of hydrogen-bond donors (Lipinski definition) is 1. The average molecular weight is 442 g/mol. The van der Waals surface area contributed by atoms with Crippen molar-refractivity contribution in [2.24, 2.45) is 5.92 Å². The molecule has 2 aromatic rings. The molecule has 7 heteroatoms. The quantitative estimate of drug-likeness (QED) is 0.758. The van der Waals surface area contributed by atoms with Crippen molar-refractivity contribution < 1.29 is 13.2 Å². The number of hydrogen-bond acceptors (Lipinski definition) is 4. The molecule has 0 aromatic heterocycles. The highest BCUT2D eigenvalue weighted by molar-refractivity contribution is 7.89. The third-order valence-electron chi connectivity index (χ3n) is 6.31. The topological polar surface area (TPSA) is 69.7 Å². The molecule has 1 amide bonds. The minimum atomic E-state index is -3.50. The molecule has 2 aromatic carbocycles. The van der Waals surface area contributed by atoms with Gasteiger partial charge in [0.25, 0.3) is 0 Å². The minimum absolute atomic E-state index is 0.0148. The summed E-state index contributed by atoms with van der Waals surface area (Å²) in [4.78, 5) is 15.7. The van der Waals surface area contributed by atoms with Gasteiger partial charge >= 0.3 is 0 Å². The molecule has 0 aliphatic carbocycles. The van der Waals surface area contributed by atoms with Crippen LogP contribution < -0.4 is 10.2 Å². The van der Waals surface area contributed by atoms with Crippen molar-refractivity contribution in [1.82, 2.24) is 4.31 Å². The van der Waals surface area contributed by atoms with Gasteiger partial charge in [-0.05, 0) is 49.9 Å². The lowest BCUT2D eigenvalue weighted by molar-refractivity contribution is -0.120. The van der Waals surface area contributed by atoms with Gasteiger partial charge in [0.15, 0.2) is 0 Å². The minimum Gasteiger partial charge on any atom is -0.370 e. The van der Waals surface area contributed by atoms with E-state index in [0.29, 0.717) is 30.8 Å². The molecule has 1 N–H and O–H groups in total. The summed E-state index contributed by atoms with van der Waals surface area (Å²) in [5.41, 5.74) is 1.94. The molecule has 2 aliphatic rings. The lowest BCUT2D eigenvalue weighted by Gasteiger charge is -2.31. The van der Waals surface area contributed by atoms with E-state index in [4.69, 9.17) is 0 Å². The standard InChI is InChI=1S/C24H31N3O3S/c28-24(25-22-12-6-7-13-23(22)26-16-8-1-2-9-17-26)20-14-18-27(19-15-20)31(29,30)21-10-4-3-5-11-21/h3-7,10-13,20H,1-2,8-9,14-19H2,(H,25,28). The van der Waals surface area contributed by atoms with Crippen LogP contribution in [0.25, 0.3) is 0 Å². The predicted molar refractivity (Wildman–Crippen MR) is 124 cm³/mol. The van der Waals surface area contributed by atoms with Gasteiger partial charge < -0.3 is 10.2 Å². The van der Waals surface area contributed by atoms with Crippen molar-refractivity contribution in [3.8, 4) is 0 Å². The van der Waals surface area contributed by atoms with E-state index in [1.54, 1.807) is 30.3 Å². The van der Waals surface area contributed by atoms with Crippen molar-refractivity contribution in [3.05, 3.63) is 54.6 Å². The Hall–Kier alpha value is -2.38. The van der Waals surface area contributed by atoms with E-state index < -0.39 is 10.0 Å². The van der Waals surface area contributed by atoms with Crippen LogP contribution in [0.1, 0.15) is 38.5 Å². The van der Waals surface area contributed by atoms with Gasteiger partial charge in [-0.3, -0.25) is 4.79 Å². The predicted octanol–water partition coefficient (Wildman–Crippen LogP) is 4.11. The molecule has 0 saturated carbocycles. The zero-order chi connectivity index (χ0) is 21.7. The van der Waals surface area contributed by atoms with Gasteiger partial charge in [-0.1, -0.05) is 43.2 Å². The van der Waals surface area contributed by atoms with E-state index in [2.05, 4.69) is 16.3 Å². The van der Waals surface area contributed by atoms with Crippen LogP contribution in [-0.4, -0.2) is 44.8 Å². The highest BCUT2D eigenvalue weighted by Crippen LogP contribution is 2.30. The summed E-state index contributed by atoms with van der Waals surface area (Å²) >= 11 is 0. The Morgan fingerprint density at radius 1 is 0.806 bits per heavy atom. The molecule has 2 aliphatic heterocycles. The number of rotatable bonds is 5. The summed E-state index contributed by atoms with van der Waals surface area (Å²) in [5, 5.41) is 3.13. The fraction of sp³-hybridized carbons (Fsp3) is 0.458. The molecular weight excluding hydrogens is 410 g/mol. The van der Waals surface area contributed by atoms with E-state index in [-0.39, 0.29) is 11.8 Å². The molecule has 31 heavy (non-hydrogen) atoms. The highest BCUT2D eigenvalue weighted by Gasteiger charge is 2.32. The fourth-order valence-corrected chi connectivity index (χ4v) is 5.99. The second kappa shape index (κ2) is 9.83. The highest BCUT2D eigenvalue weighted by atomic mass is 32.2. The Morgan fingerprint density at radius 2 is 1.42 bits per heavy atom. The number of carbonyl (C=O) groups excluding carboxylic acids is 1. The molecule has 6 nitrogen and oxygen atoms in total. The molecule has 4 rings (SSSR count). The maximum Gasteiger partial charge on any atom is 0.243 e. The second-order valence-corrected chi connectivity index (χ2v) is 10.3. The molecule has 0 bridgehead atoms. The van der Waals surface area contributed by atoms with Gasteiger partial charge in [-0.25, -0.2) is 8.42 Å². The number of carbonyl (C=O) groups is 1. The molecule has 2 fully saturated rings. The summed E-state index contributed by atoms with van der Waals surface area (Å²) in [6.45, 7) is 2.76. The number of nitrogens with one attached hydrogen (secondary N) is 1. The van der Waals surface area contributed by atoms with Crippen LogP contribution >= 0.6 is 0 Å². The van der Waals surface area contributed by atoms with Crippen molar-refractivity contribution in [2.75, 3.05) is 36.4 Å². The van der Waals surface area contributed by atoms with E-state index in [9.17, 15) is 13.2 Å². The first-order chi connectivity index (χ1) is 15.1. The Labute approximate surface area is 185 Å². The van der Waals surface area contributed by atoms with E-state index >= 15 is 0 Å². The summed E-state index contributed by atoms with van der Waals surface area (Å²) < 4.78 is 27.1. The first-order valence-corrected chi connectivity index (χ1v) is 12.7. The smallest absolute Gasteiger partial charge is 0.243 e. The SMILES string of the molecule is O=C(Nc1ccccc1N1CCCCCC1)C1CCN(S(=O)(=O)c2ccccc2)CC1. The first kappa shape index (κ1) is 21.8. The van der Waals surface area contributed by atoms with Crippen molar-refractivity contribution >= 4 is 27.3 Å². The molecule has 0 spiro atoms. The number of sulfonamides is 1. The summed E-state index contributed by atoms with van der Waals surface area (Å²) in [6.07, 6.45) is 5.94. The van der Waals surface area contributed by atoms with Gasteiger partial charge in [-0.2, -0.15) is 4.31 Å². The normalized spacial score (nSPS) is 19.0. The zero-order valence-corrected chi connectivity index (χ0v) is 18.7. The van der Waals surface area contributed by atoms with Crippen LogP contribution in [0, 0.1) is 5.92 Å². The number of piperidine rings is 1. The molecule has 0 unspecified atom stereocenters. The Morgan fingerprint density at radius 3 is 2.10 bits per heavy atom. The molecule has 2 saturated heterocycles. The van der Waals surface area contributed by atoms with E-state index in [1.165, 1.54) is 30.0 Å². The third-order valence-corrected chi connectivity index (χ3v) is 8.23. The van der Waals surface area contributed by atoms with Gasteiger partial charge in [0.2, 0.25) is 15.9 Å². The van der Waals surface area contributed by atoms with Gasteiger partial charge in [0.1, 0.15) is 0 Å². The Kier molecular flexibility index (Phi) is 6.92. The number of anilines is 2. The van der Waals surface area contributed by atoms with Crippen LogP contribution in [0.5, 0.6) is 0 Å². The monoisotopic (exact) mass is 441 g/mol. The first-order valence-electron chi connectivity index (χ1n) is 11.3. The van der Waals surface area contributed by atoms with Crippen LogP contribution in [0.3, 0.4) is 0 Å². The second-order valence-electron chi connectivity index (χ2n) is 8.40. The van der Waals surface area contributed by atoms with E-state index in [1.807, 2.05) is 18.2 Å². The Bertz CT molecular complexity index is 978. The van der Waals surface area contributed by atoms with Crippen LogP contribution in [0.2, 0.25) is 0 Å². The number of benzene rings is 2. The lowest BCUT2D eigenvalue weighted by Crippen LogP contribution is -2.41. The van der Waals surface area contributed by atoms with Gasteiger partial charge in [0, 0.05) is 32.1 Å². The van der Waals surface area contributed by atoms with Crippen molar-refractivity contribution in [3.63, 3.8) is 0 Å². The van der Waals surface area contributed by atoms with Gasteiger partial charge in [-0.15, -0.1) is 0 Å². The van der Waals surface area contributed by atoms with Crippen molar-refractivity contribution in [2.45, 2.75) is 43.4 Å². The molecule has 0 atom stereocenters. The third kappa shape index (κ3) is 5.10. The Balaban J connectivity index is 1.39. The average Bonchev–Trinajstić information content (AvgIpc) is 3.10. The van der Waals surface area contributed by atoms with Crippen LogP contribution in [0.4, 0.5) is 11.4 Å². The molecule has 2 heterocycles. The van der Waals surface area contributed by atoms with Crippen molar-refractivity contribution in [1.29, 1.82) is 0 Å². The number of para-hydroxylation sites is 2. The largest absolute Gasteiger partial charge is 0.370 e. The van der Waals surface area contributed by atoms with Gasteiger partial charge in [0.05, 0.1) is 16.3 Å². The van der Waals surface area contributed by atoms with Crippen LogP contribution in [-0.2, 0) is 14.8 Å². The fourth-order valence-electron chi connectivity index (χ4n) is 4.50. The van der Waals surface area contributed by atoms with Crippen LogP contribution in [0.15, 0.2) is 59.5 Å². The molecule has 166 valence electrons. The maximum absolute atomic E-state index is 13.0. The summed E-state index contributed by atoms with van der Waals surface area (Å²) in [5.74, 6) is -0.196. The molecular formula is C24H31N3O3S.